The van der Waals surface area contributed by atoms with Gasteiger partial charge in [-0.3, -0.25) is 9.89 Å². The van der Waals surface area contributed by atoms with Crippen LogP contribution in [0.2, 0.25) is 0 Å². The van der Waals surface area contributed by atoms with Gasteiger partial charge in [-0.05, 0) is 56.2 Å². The molecule has 1 atom stereocenters. The molecule has 6 heteroatoms. The molecule has 1 aromatic carbocycles. The third-order valence-corrected chi connectivity index (χ3v) is 4.83. The summed E-state index contributed by atoms with van der Waals surface area (Å²) in [7, 11) is 0. The molecule has 1 aliphatic rings. The number of piperidine rings is 1. The first-order valence-electron chi connectivity index (χ1n) is 9.00. The number of nitrogens with zero attached hydrogens (tertiary/aromatic N) is 3. The molecule has 0 unspecified atom stereocenters. The SMILES string of the molecule is Cc1nc(CCC(=O)N2CCC[C@@H](CCc3ccc(F)cc3)C2)n[nH]1. The second kappa shape index (κ2) is 8.23. The third-order valence-electron chi connectivity index (χ3n) is 4.83. The first kappa shape index (κ1) is 17.6. The summed E-state index contributed by atoms with van der Waals surface area (Å²) in [6, 6.07) is 6.72. The second-order valence-electron chi connectivity index (χ2n) is 6.85. The smallest absolute Gasteiger partial charge is 0.223 e. The number of halogens is 1. The monoisotopic (exact) mass is 344 g/mol. The lowest BCUT2D eigenvalue weighted by atomic mass is 9.91. The minimum Gasteiger partial charge on any atom is -0.342 e. The highest BCUT2D eigenvalue weighted by Gasteiger charge is 2.23. The zero-order valence-electron chi connectivity index (χ0n) is 14.7. The lowest BCUT2D eigenvalue weighted by molar-refractivity contribution is -0.133. The first-order chi connectivity index (χ1) is 12.1. The van der Waals surface area contributed by atoms with E-state index in [1.54, 1.807) is 0 Å². The van der Waals surface area contributed by atoms with Gasteiger partial charge in [-0.15, -0.1) is 0 Å². The van der Waals surface area contributed by atoms with E-state index < -0.39 is 0 Å². The molecule has 0 radical (unpaired) electrons. The van der Waals surface area contributed by atoms with Gasteiger partial charge in [-0.1, -0.05) is 12.1 Å². The average molecular weight is 344 g/mol. The molecular formula is C19H25FN4O. The molecule has 1 aromatic heterocycles. The summed E-state index contributed by atoms with van der Waals surface area (Å²) in [4.78, 5) is 18.7. The Labute approximate surface area is 147 Å². The van der Waals surface area contributed by atoms with Crippen LogP contribution in [0.15, 0.2) is 24.3 Å². The maximum Gasteiger partial charge on any atom is 0.223 e. The van der Waals surface area contributed by atoms with Crippen molar-refractivity contribution in [1.29, 1.82) is 0 Å². The van der Waals surface area contributed by atoms with E-state index in [1.165, 1.54) is 12.1 Å². The average Bonchev–Trinajstić information content (AvgIpc) is 3.05. The molecule has 5 nitrogen and oxygen atoms in total. The number of hydrogen-bond acceptors (Lipinski definition) is 3. The molecule has 2 heterocycles. The van der Waals surface area contributed by atoms with Crippen molar-refractivity contribution in [2.75, 3.05) is 13.1 Å². The van der Waals surface area contributed by atoms with Crippen LogP contribution in [0.1, 0.15) is 42.9 Å². The number of carbonyl (C=O) groups excluding carboxylic acids is 1. The highest BCUT2D eigenvalue weighted by Crippen LogP contribution is 2.22. The number of hydrogen-bond donors (Lipinski definition) is 1. The van der Waals surface area contributed by atoms with Crippen molar-refractivity contribution < 1.29 is 9.18 Å². The van der Waals surface area contributed by atoms with E-state index in [2.05, 4.69) is 15.2 Å². The maximum atomic E-state index is 13.0. The molecule has 0 saturated carbocycles. The molecule has 1 N–H and O–H groups in total. The van der Waals surface area contributed by atoms with E-state index in [0.29, 0.717) is 24.6 Å². The van der Waals surface area contributed by atoms with Crippen LogP contribution in [0.5, 0.6) is 0 Å². The Bertz CT molecular complexity index is 698. The summed E-state index contributed by atoms with van der Waals surface area (Å²) in [5, 5.41) is 6.89. The molecule has 3 rings (SSSR count). The van der Waals surface area contributed by atoms with E-state index in [4.69, 9.17) is 0 Å². The van der Waals surface area contributed by atoms with E-state index in [-0.39, 0.29) is 11.7 Å². The predicted octanol–water partition coefficient (Wildman–Crippen LogP) is 3.06. The minimum absolute atomic E-state index is 0.189. The number of nitrogens with one attached hydrogen (secondary N) is 1. The number of rotatable bonds is 6. The van der Waals surface area contributed by atoms with Gasteiger partial charge in [0.05, 0.1) is 0 Å². The molecule has 25 heavy (non-hydrogen) atoms. The van der Waals surface area contributed by atoms with Crippen molar-refractivity contribution in [1.82, 2.24) is 20.1 Å². The van der Waals surface area contributed by atoms with Crippen molar-refractivity contribution in [2.24, 2.45) is 5.92 Å². The Hall–Kier alpha value is -2.24. The molecule has 0 aliphatic carbocycles. The highest BCUT2D eigenvalue weighted by molar-refractivity contribution is 5.76. The molecule has 2 aromatic rings. The molecule has 134 valence electrons. The van der Waals surface area contributed by atoms with Crippen LogP contribution >= 0.6 is 0 Å². The Morgan fingerprint density at radius 3 is 2.84 bits per heavy atom. The quantitative estimate of drug-likeness (QED) is 0.876. The largest absolute Gasteiger partial charge is 0.342 e. The van der Waals surface area contributed by atoms with Gasteiger partial charge in [-0.2, -0.15) is 5.10 Å². The zero-order chi connectivity index (χ0) is 17.6. The van der Waals surface area contributed by atoms with Crippen LogP contribution in [0.3, 0.4) is 0 Å². The highest BCUT2D eigenvalue weighted by atomic mass is 19.1. The lowest BCUT2D eigenvalue weighted by Crippen LogP contribution is -2.40. The summed E-state index contributed by atoms with van der Waals surface area (Å²) in [6.07, 6.45) is 5.23. The molecule has 1 fully saturated rings. The zero-order valence-corrected chi connectivity index (χ0v) is 14.7. The van der Waals surface area contributed by atoms with Crippen molar-refractivity contribution in [3.8, 4) is 0 Å². The van der Waals surface area contributed by atoms with Crippen molar-refractivity contribution in [3.63, 3.8) is 0 Å². The number of aromatic nitrogens is 3. The molecule has 1 saturated heterocycles. The predicted molar refractivity (Wildman–Crippen MR) is 93.5 cm³/mol. The standard InChI is InChI=1S/C19H25FN4O/c1-14-21-18(23-22-14)10-11-19(25)24-12-2-3-16(13-24)5-4-15-6-8-17(20)9-7-15/h6-9,16H,2-5,10-13H2,1H3,(H,21,22,23)/t16-/m0/s1. The van der Waals surface area contributed by atoms with Crippen LogP contribution < -0.4 is 0 Å². The number of amides is 1. The van der Waals surface area contributed by atoms with Crippen LogP contribution in [0.25, 0.3) is 0 Å². The van der Waals surface area contributed by atoms with Gasteiger partial charge in [0.15, 0.2) is 5.82 Å². The van der Waals surface area contributed by atoms with E-state index in [1.807, 2.05) is 24.0 Å². The first-order valence-corrected chi connectivity index (χ1v) is 9.00. The third kappa shape index (κ3) is 5.11. The summed E-state index contributed by atoms with van der Waals surface area (Å²) < 4.78 is 13.0. The fourth-order valence-electron chi connectivity index (χ4n) is 3.43. The number of carbonyl (C=O) groups is 1. The van der Waals surface area contributed by atoms with Crippen LogP contribution in [-0.4, -0.2) is 39.1 Å². The van der Waals surface area contributed by atoms with Crippen molar-refractivity contribution in [3.05, 3.63) is 47.3 Å². The number of aryl methyl sites for hydroxylation is 3. The van der Waals surface area contributed by atoms with E-state index >= 15 is 0 Å². The van der Waals surface area contributed by atoms with E-state index in [0.717, 1.165) is 50.2 Å². The summed E-state index contributed by atoms with van der Waals surface area (Å²) >= 11 is 0. The van der Waals surface area contributed by atoms with Gasteiger partial charge in [-0.25, -0.2) is 9.37 Å². The molecule has 1 aliphatic heterocycles. The summed E-state index contributed by atoms with van der Waals surface area (Å²) in [6.45, 7) is 3.53. The number of benzene rings is 1. The molecule has 0 spiro atoms. The fourth-order valence-corrected chi connectivity index (χ4v) is 3.43. The van der Waals surface area contributed by atoms with Crippen LogP contribution in [0, 0.1) is 18.7 Å². The topological polar surface area (TPSA) is 61.9 Å². The molecule has 0 bridgehead atoms. The normalized spacial score (nSPS) is 17.7. The Morgan fingerprint density at radius 2 is 2.12 bits per heavy atom. The van der Waals surface area contributed by atoms with Crippen molar-refractivity contribution >= 4 is 5.91 Å². The van der Waals surface area contributed by atoms with Gasteiger partial charge >= 0.3 is 0 Å². The van der Waals surface area contributed by atoms with Gasteiger partial charge in [0.2, 0.25) is 5.91 Å². The lowest BCUT2D eigenvalue weighted by Gasteiger charge is -2.33. The number of aromatic amines is 1. The summed E-state index contributed by atoms with van der Waals surface area (Å²) in [5.41, 5.74) is 1.16. The van der Waals surface area contributed by atoms with Gasteiger partial charge < -0.3 is 4.90 Å². The second-order valence-corrected chi connectivity index (χ2v) is 6.85. The van der Waals surface area contributed by atoms with Crippen LogP contribution in [0.4, 0.5) is 4.39 Å². The number of H-pyrrole nitrogens is 1. The van der Waals surface area contributed by atoms with Crippen LogP contribution in [-0.2, 0) is 17.6 Å². The van der Waals surface area contributed by atoms with E-state index in [9.17, 15) is 9.18 Å². The minimum atomic E-state index is -0.195. The van der Waals surface area contributed by atoms with Gasteiger partial charge in [0, 0.05) is 25.9 Å². The Balaban J connectivity index is 1.45. The van der Waals surface area contributed by atoms with Gasteiger partial charge in [0.25, 0.3) is 0 Å². The number of likely N-dealkylation sites (tertiary alicyclic amines) is 1. The Kier molecular flexibility index (Phi) is 5.79. The summed E-state index contributed by atoms with van der Waals surface area (Å²) in [5.74, 6) is 2.00. The fraction of sp³-hybridized carbons (Fsp3) is 0.526. The molecular weight excluding hydrogens is 319 g/mol. The Morgan fingerprint density at radius 1 is 1.32 bits per heavy atom. The maximum absolute atomic E-state index is 13.0. The van der Waals surface area contributed by atoms with Crippen molar-refractivity contribution in [2.45, 2.75) is 45.4 Å². The van der Waals surface area contributed by atoms with Gasteiger partial charge in [0.1, 0.15) is 11.6 Å². The molecule has 1 amide bonds.